The number of rotatable bonds is 6. The molecule has 2 aliphatic rings. The van der Waals surface area contributed by atoms with Crippen LogP contribution in [0, 0.1) is 5.82 Å². The van der Waals surface area contributed by atoms with E-state index >= 15 is 0 Å². The van der Waals surface area contributed by atoms with E-state index in [1.54, 1.807) is 24.3 Å². The molecular weight excluding hydrogens is 459 g/mol. The van der Waals surface area contributed by atoms with Gasteiger partial charge in [-0.2, -0.15) is 0 Å². The molecule has 35 heavy (non-hydrogen) atoms. The summed E-state index contributed by atoms with van der Waals surface area (Å²) < 4.78 is 25.1. The van der Waals surface area contributed by atoms with Crippen LogP contribution in [0.15, 0.2) is 42.5 Å². The highest BCUT2D eigenvalue weighted by molar-refractivity contribution is 6.04. The average Bonchev–Trinajstić information content (AvgIpc) is 2.89. The SMILES string of the molecule is NCc1ccc(NC(=O)C(O)C2OCCN(c3ccc(F)c(C(=O)N4CCOCC4)c3)C2=O)cc1. The number of nitrogens with zero attached hydrogens (tertiary/aromatic N) is 2. The molecule has 4 N–H and O–H groups in total. The molecule has 2 unspecified atom stereocenters. The van der Waals surface area contributed by atoms with E-state index in [2.05, 4.69) is 5.32 Å². The number of morpholine rings is 2. The third kappa shape index (κ3) is 5.49. The first-order valence-corrected chi connectivity index (χ1v) is 11.3. The van der Waals surface area contributed by atoms with Crippen molar-refractivity contribution in [1.82, 2.24) is 4.90 Å². The van der Waals surface area contributed by atoms with Crippen molar-refractivity contribution in [3.05, 3.63) is 59.4 Å². The van der Waals surface area contributed by atoms with Crippen molar-refractivity contribution < 1.29 is 33.4 Å². The predicted molar refractivity (Wildman–Crippen MR) is 124 cm³/mol. The smallest absolute Gasteiger partial charge is 0.259 e. The normalized spacial score (nSPS) is 19.4. The number of aliphatic hydroxyl groups excluding tert-OH is 1. The molecule has 2 saturated heterocycles. The molecular formula is C24H27FN4O6. The number of carbonyl (C=O) groups excluding carboxylic acids is 3. The molecule has 0 saturated carbocycles. The molecule has 0 bridgehead atoms. The molecule has 2 aliphatic heterocycles. The Labute approximate surface area is 201 Å². The Hall–Kier alpha value is -3.38. The van der Waals surface area contributed by atoms with Crippen LogP contribution in [-0.2, 0) is 25.6 Å². The topological polar surface area (TPSA) is 134 Å². The Kier molecular flexibility index (Phi) is 7.71. The number of nitrogens with one attached hydrogen (secondary N) is 1. The van der Waals surface area contributed by atoms with Gasteiger partial charge in [0.15, 0.2) is 12.2 Å². The van der Waals surface area contributed by atoms with Crippen LogP contribution in [0.25, 0.3) is 0 Å². The van der Waals surface area contributed by atoms with Gasteiger partial charge in [0, 0.05) is 37.6 Å². The van der Waals surface area contributed by atoms with Gasteiger partial charge in [-0.15, -0.1) is 0 Å². The molecule has 3 amide bonds. The van der Waals surface area contributed by atoms with Crippen molar-refractivity contribution >= 4 is 29.1 Å². The number of ether oxygens (including phenoxy) is 2. The van der Waals surface area contributed by atoms with Crippen LogP contribution in [0.3, 0.4) is 0 Å². The van der Waals surface area contributed by atoms with Crippen LogP contribution < -0.4 is 16.0 Å². The second-order valence-electron chi connectivity index (χ2n) is 8.19. The van der Waals surface area contributed by atoms with Gasteiger partial charge in [0.1, 0.15) is 5.82 Å². The summed E-state index contributed by atoms with van der Waals surface area (Å²) in [6, 6.07) is 10.5. The number of amides is 3. The lowest BCUT2D eigenvalue weighted by Crippen LogP contribution is -2.55. The largest absolute Gasteiger partial charge is 0.380 e. The highest BCUT2D eigenvalue weighted by Gasteiger charge is 2.39. The van der Waals surface area contributed by atoms with Gasteiger partial charge in [-0.1, -0.05) is 12.1 Å². The van der Waals surface area contributed by atoms with Gasteiger partial charge in [0.2, 0.25) is 0 Å². The zero-order chi connectivity index (χ0) is 24.9. The summed E-state index contributed by atoms with van der Waals surface area (Å²) in [5.74, 6) is -2.69. The van der Waals surface area contributed by atoms with Gasteiger partial charge >= 0.3 is 0 Å². The Morgan fingerprint density at radius 3 is 2.51 bits per heavy atom. The van der Waals surface area contributed by atoms with Crippen molar-refractivity contribution in [3.63, 3.8) is 0 Å². The van der Waals surface area contributed by atoms with Gasteiger partial charge in [-0.05, 0) is 35.9 Å². The van der Waals surface area contributed by atoms with E-state index in [1.165, 1.54) is 21.9 Å². The van der Waals surface area contributed by atoms with Crippen LogP contribution in [0.4, 0.5) is 15.8 Å². The fourth-order valence-electron chi connectivity index (χ4n) is 3.95. The van der Waals surface area contributed by atoms with Crippen molar-refractivity contribution in [1.29, 1.82) is 0 Å². The predicted octanol–water partition coefficient (Wildman–Crippen LogP) is 0.488. The first-order chi connectivity index (χ1) is 16.9. The minimum Gasteiger partial charge on any atom is -0.380 e. The number of nitrogens with two attached hydrogens (primary N) is 1. The number of halogens is 1. The first-order valence-electron chi connectivity index (χ1n) is 11.3. The summed E-state index contributed by atoms with van der Waals surface area (Å²) in [4.78, 5) is 41.3. The van der Waals surface area contributed by atoms with Crippen LogP contribution in [0.1, 0.15) is 15.9 Å². The Bertz CT molecular complexity index is 1090. The highest BCUT2D eigenvalue weighted by Crippen LogP contribution is 2.25. The average molecular weight is 487 g/mol. The number of benzene rings is 2. The fraction of sp³-hybridized carbons (Fsp3) is 0.375. The maximum absolute atomic E-state index is 14.5. The fourth-order valence-corrected chi connectivity index (χ4v) is 3.95. The maximum atomic E-state index is 14.5. The van der Waals surface area contributed by atoms with E-state index in [4.69, 9.17) is 15.2 Å². The maximum Gasteiger partial charge on any atom is 0.259 e. The monoisotopic (exact) mass is 486 g/mol. The summed E-state index contributed by atoms with van der Waals surface area (Å²) in [5.41, 5.74) is 6.96. The summed E-state index contributed by atoms with van der Waals surface area (Å²) in [5, 5.41) is 13.1. The van der Waals surface area contributed by atoms with Crippen LogP contribution in [0.5, 0.6) is 0 Å². The van der Waals surface area contributed by atoms with Gasteiger partial charge in [0.25, 0.3) is 17.7 Å². The van der Waals surface area contributed by atoms with Crippen molar-refractivity contribution in [2.75, 3.05) is 49.7 Å². The Morgan fingerprint density at radius 1 is 1.11 bits per heavy atom. The van der Waals surface area contributed by atoms with E-state index in [1.807, 2.05) is 0 Å². The zero-order valence-corrected chi connectivity index (χ0v) is 19.0. The second kappa shape index (κ2) is 10.9. The zero-order valence-electron chi connectivity index (χ0n) is 19.0. The standard InChI is InChI=1S/C24H27FN4O6/c25-19-6-5-17(13-18(19)23(32)28-7-10-34-11-8-28)29-9-12-35-21(24(29)33)20(30)22(31)27-16-3-1-15(14-26)2-4-16/h1-6,13,20-21,30H,7-12,14,26H2,(H,27,31). The third-order valence-corrected chi connectivity index (χ3v) is 5.92. The summed E-state index contributed by atoms with van der Waals surface area (Å²) >= 11 is 0. The van der Waals surface area contributed by atoms with Gasteiger partial charge < -0.3 is 35.4 Å². The van der Waals surface area contributed by atoms with E-state index in [0.29, 0.717) is 38.5 Å². The van der Waals surface area contributed by atoms with E-state index in [9.17, 15) is 23.9 Å². The van der Waals surface area contributed by atoms with Crippen molar-refractivity contribution in [2.45, 2.75) is 18.8 Å². The van der Waals surface area contributed by atoms with Gasteiger partial charge in [0.05, 0.1) is 25.4 Å². The molecule has 0 radical (unpaired) electrons. The third-order valence-electron chi connectivity index (χ3n) is 5.92. The molecule has 2 fully saturated rings. The minimum absolute atomic E-state index is 0.0378. The summed E-state index contributed by atoms with van der Waals surface area (Å²) in [7, 11) is 0. The lowest BCUT2D eigenvalue weighted by Gasteiger charge is -2.34. The number of hydrogen-bond donors (Lipinski definition) is 3. The number of anilines is 2. The quantitative estimate of drug-likeness (QED) is 0.541. The van der Waals surface area contributed by atoms with E-state index < -0.39 is 35.7 Å². The molecule has 11 heteroatoms. The lowest BCUT2D eigenvalue weighted by atomic mass is 10.1. The van der Waals surface area contributed by atoms with Gasteiger partial charge in [-0.25, -0.2) is 4.39 Å². The lowest BCUT2D eigenvalue weighted by molar-refractivity contribution is -0.150. The van der Waals surface area contributed by atoms with E-state index in [0.717, 1.165) is 11.6 Å². The number of aliphatic hydroxyl groups is 1. The molecule has 2 aromatic rings. The van der Waals surface area contributed by atoms with Gasteiger partial charge in [-0.3, -0.25) is 14.4 Å². The van der Waals surface area contributed by atoms with Crippen molar-refractivity contribution in [2.24, 2.45) is 5.73 Å². The second-order valence-corrected chi connectivity index (χ2v) is 8.19. The van der Waals surface area contributed by atoms with Crippen LogP contribution in [0.2, 0.25) is 0 Å². The van der Waals surface area contributed by atoms with E-state index in [-0.39, 0.29) is 24.4 Å². The Morgan fingerprint density at radius 2 is 1.83 bits per heavy atom. The molecule has 4 rings (SSSR count). The summed E-state index contributed by atoms with van der Waals surface area (Å²) in [6.07, 6.45) is -3.25. The Balaban J connectivity index is 1.48. The number of carbonyl (C=O) groups is 3. The molecule has 10 nitrogen and oxygen atoms in total. The summed E-state index contributed by atoms with van der Waals surface area (Å²) in [6.45, 7) is 1.92. The molecule has 0 aliphatic carbocycles. The minimum atomic E-state index is -1.78. The first kappa shape index (κ1) is 24.7. The number of hydrogen-bond acceptors (Lipinski definition) is 7. The van der Waals surface area contributed by atoms with Crippen LogP contribution in [-0.4, -0.2) is 79.4 Å². The molecule has 0 aromatic heterocycles. The molecule has 0 spiro atoms. The van der Waals surface area contributed by atoms with Crippen molar-refractivity contribution in [3.8, 4) is 0 Å². The molecule has 186 valence electrons. The highest BCUT2D eigenvalue weighted by atomic mass is 19.1. The molecule has 2 atom stereocenters. The molecule has 2 heterocycles. The molecule has 2 aromatic carbocycles. The van der Waals surface area contributed by atoms with Crippen LogP contribution >= 0.6 is 0 Å².